The summed E-state index contributed by atoms with van der Waals surface area (Å²) in [5.41, 5.74) is 4.48. The van der Waals surface area contributed by atoms with Crippen molar-refractivity contribution in [3.63, 3.8) is 0 Å². The first-order valence-corrected chi connectivity index (χ1v) is 9.59. The van der Waals surface area contributed by atoms with Gasteiger partial charge in [0.15, 0.2) is 5.76 Å². The Morgan fingerprint density at radius 2 is 1.71 bits per heavy atom. The van der Waals surface area contributed by atoms with Crippen LogP contribution in [-0.2, 0) is 6.42 Å². The van der Waals surface area contributed by atoms with Gasteiger partial charge in [0.05, 0.1) is 5.39 Å². The monoisotopic (exact) mass is 374 g/mol. The maximum absolute atomic E-state index is 12.5. The predicted octanol–water partition coefficient (Wildman–Crippen LogP) is 6.40. The Morgan fingerprint density at radius 1 is 1.00 bits per heavy atom. The highest BCUT2D eigenvalue weighted by Gasteiger charge is 2.17. The van der Waals surface area contributed by atoms with Crippen molar-refractivity contribution >= 4 is 11.0 Å². The lowest BCUT2D eigenvalue weighted by atomic mass is 9.99. The molecule has 0 aliphatic heterocycles. The van der Waals surface area contributed by atoms with Gasteiger partial charge in [0.2, 0.25) is 11.2 Å². The summed E-state index contributed by atoms with van der Waals surface area (Å²) >= 11 is 0. The van der Waals surface area contributed by atoms with Gasteiger partial charge in [-0.3, -0.25) is 4.79 Å². The van der Waals surface area contributed by atoms with Gasteiger partial charge in [0.1, 0.15) is 5.58 Å². The fourth-order valence-corrected chi connectivity index (χ4v) is 3.21. The highest BCUT2D eigenvalue weighted by Crippen LogP contribution is 2.32. The van der Waals surface area contributed by atoms with E-state index in [1.54, 1.807) is 18.2 Å². The molecule has 0 saturated heterocycles. The van der Waals surface area contributed by atoms with E-state index in [2.05, 4.69) is 32.9 Å². The molecule has 0 unspecified atom stereocenters. The Hall–Kier alpha value is -3.07. The number of hydrogen-bond donors (Lipinski definition) is 1. The fourth-order valence-electron chi connectivity index (χ4n) is 3.21. The molecule has 0 fully saturated rings. The van der Waals surface area contributed by atoms with Crippen molar-refractivity contribution in [1.82, 2.24) is 0 Å². The molecule has 28 heavy (non-hydrogen) atoms. The van der Waals surface area contributed by atoms with Crippen LogP contribution in [0.1, 0.15) is 39.2 Å². The van der Waals surface area contributed by atoms with Crippen molar-refractivity contribution < 1.29 is 9.52 Å². The molecule has 3 heteroatoms. The molecular weight excluding hydrogens is 348 g/mol. The van der Waals surface area contributed by atoms with Crippen LogP contribution in [0.4, 0.5) is 0 Å². The van der Waals surface area contributed by atoms with E-state index in [0.717, 1.165) is 24.0 Å². The quantitative estimate of drug-likeness (QED) is 0.508. The normalized spacial score (nSPS) is 11.6. The van der Waals surface area contributed by atoms with Crippen LogP contribution in [0, 0.1) is 0 Å². The molecule has 144 valence electrons. The van der Waals surface area contributed by atoms with Crippen LogP contribution < -0.4 is 5.43 Å². The number of allylic oxidation sites excluding steroid dienone is 4. The van der Waals surface area contributed by atoms with E-state index in [1.807, 2.05) is 30.3 Å². The minimum Gasteiger partial charge on any atom is -0.502 e. The van der Waals surface area contributed by atoms with Gasteiger partial charge in [0.25, 0.3) is 0 Å². The standard InChI is InChI=1S/C25H26O3/c1-17(2)9-8-10-18(3)15-16-19-11-4-5-12-20(19)25-24(27)23(26)21-13-6-7-14-22(21)28-25/h4-7,9,11-15,27H,8,10,16H2,1-3H3. The van der Waals surface area contributed by atoms with Crippen LogP contribution in [-0.4, -0.2) is 5.11 Å². The zero-order valence-electron chi connectivity index (χ0n) is 16.7. The average Bonchev–Trinajstić information content (AvgIpc) is 2.69. The van der Waals surface area contributed by atoms with Crippen molar-refractivity contribution in [3.05, 3.63) is 87.6 Å². The molecule has 0 aliphatic carbocycles. The van der Waals surface area contributed by atoms with E-state index in [1.165, 1.54) is 11.1 Å². The van der Waals surface area contributed by atoms with Crippen molar-refractivity contribution in [2.24, 2.45) is 0 Å². The number of para-hydroxylation sites is 1. The predicted molar refractivity (Wildman–Crippen MR) is 116 cm³/mol. The van der Waals surface area contributed by atoms with Crippen molar-refractivity contribution in [3.8, 4) is 17.1 Å². The maximum Gasteiger partial charge on any atom is 0.235 e. The van der Waals surface area contributed by atoms with E-state index < -0.39 is 5.43 Å². The van der Waals surface area contributed by atoms with E-state index >= 15 is 0 Å². The van der Waals surface area contributed by atoms with Crippen molar-refractivity contribution in [1.29, 1.82) is 0 Å². The molecule has 1 aromatic heterocycles. The highest BCUT2D eigenvalue weighted by molar-refractivity contribution is 5.82. The lowest BCUT2D eigenvalue weighted by Crippen LogP contribution is -2.03. The summed E-state index contributed by atoms with van der Waals surface area (Å²) in [6.45, 7) is 6.35. The summed E-state index contributed by atoms with van der Waals surface area (Å²) < 4.78 is 5.92. The number of benzene rings is 2. The number of aromatic hydroxyl groups is 1. The molecule has 1 N–H and O–H groups in total. The largest absolute Gasteiger partial charge is 0.502 e. The Bertz CT molecular complexity index is 1100. The Labute approximate surface area is 165 Å². The van der Waals surface area contributed by atoms with Crippen LogP contribution >= 0.6 is 0 Å². The molecule has 0 spiro atoms. The van der Waals surface area contributed by atoms with E-state index in [9.17, 15) is 9.90 Å². The number of fused-ring (bicyclic) bond motifs is 1. The van der Waals surface area contributed by atoms with Crippen LogP contribution in [0.25, 0.3) is 22.3 Å². The molecule has 3 rings (SSSR count). The van der Waals surface area contributed by atoms with Crippen LogP contribution in [0.3, 0.4) is 0 Å². The van der Waals surface area contributed by atoms with Gasteiger partial charge in [0, 0.05) is 5.56 Å². The van der Waals surface area contributed by atoms with Crippen LogP contribution in [0.5, 0.6) is 5.75 Å². The van der Waals surface area contributed by atoms with Crippen LogP contribution in [0.15, 0.2) is 81.0 Å². The average molecular weight is 374 g/mol. The fraction of sp³-hybridized carbons (Fsp3) is 0.240. The van der Waals surface area contributed by atoms with E-state index in [-0.39, 0.29) is 11.5 Å². The summed E-state index contributed by atoms with van der Waals surface area (Å²) in [7, 11) is 0. The molecule has 3 aromatic rings. The molecule has 0 saturated carbocycles. The summed E-state index contributed by atoms with van der Waals surface area (Å²) in [6.07, 6.45) is 7.21. The maximum atomic E-state index is 12.5. The van der Waals surface area contributed by atoms with E-state index in [4.69, 9.17) is 4.42 Å². The Balaban J connectivity index is 1.95. The highest BCUT2D eigenvalue weighted by atomic mass is 16.4. The topological polar surface area (TPSA) is 50.4 Å². The van der Waals surface area contributed by atoms with E-state index in [0.29, 0.717) is 17.4 Å². The van der Waals surface area contributed by atoms with Crippen molar-refractivity contribution in [2.45, 2.75) is 40.0 Å². The third-order valence-corrected chi connectivity index (χ3v) is 4.80. The summed E-state index contributed by atoms with van der Waals surface area (Å²) in [5, 5.41) is 10.9. The second-order valence-electron chi connectivity index (χ2n) is 7.34. The minimum atomic E-state index is -0.403. The SMILES string of the molecule is CC(C)=CCCC(C)=CCc1ccccc1-c1oc2ccccc2c(=O)c1O. The molecule has 0 radical (unpaired) electrons. The second kappa shape index (κ2) is 8.75. The van der Waals surface area contributed by atoms with Crippen molar-refractivity contribution in [2.75, 3.05) is 0 Å². The zero-order chi connectivity index (χ0) is 20.1. The number of rotatable bonds is 6. The first-order chi connectivity index (χ1) is 13.5. The second-order valence-corrected chi connectivity index (χ2v) is 7.34. The van der Waals surface area contributed by atoms with Gasteiger partial charge in [-0.1, -0.05) is 59.7 Å². The smallest absolute Gasteiger partial charge is 0.235 e. The van der Waals surface area contributed by atoms with Crippen LogP contribution in [0.2, 0.25) is 0 Å². The van der Waals surface area contributed by atoms with Gasteiger partial charge in [-0.2, -0.15) is 0 Å². The molecule has 0 bridgehead atoms. The molecule has 0 atom stereocenters. The van der Waals surface area contributed by atoms with Gasteiger partial charge < -0.3 is 9.52 Å². The summed E-state index contributed by atoms with van der Waals surface area (Å²) in [5.74, 6) is -0.106. The lowest BCUT2D eigenvalue weighted by Gasteiger charge is -2.10. The molecule has 1 heterocycles. The molecule has 0 aliphatic rings. The third kappa shape index (κ3) is 4.42. The van der Waals surface area contributed by atoms with Gasteiger partial charge >= 0.3 is 0 Å². The summed E-state index contributed by atoms with van der Waals surface area (Å²) in [4.78, 5) is 12.5. The summed E-state index contributed by atoms with van der Waals surface area (Å²) in [6, 6.07) is 14.7. The number of hydrogen-bond acceptors (Lipinski definition) is 3. The molecule has 3 nitrogen and oxygen atoms in total. The lowest BCUT2D eigenvalue weighted by molar-refractivity contribution is 0.449. The van der Waals surface area contributed by atoms with Gasteiger partial charge in [-0.15, -0.1) is 0 Å². The Morgan fingerprint density at radius 3 is 2.50 bits per heavy atom. The molecular formula is C25H26O3. The van der Waals surface area contributed by atoms with Gasteiger partial charge in [-0.25, -0.2) is 0 Å². The minimum absolute atomic E-state index is 0.231. The third-order valence-electron chi connectivity index (χ3n) is 4.80. The molecule has 0 amide bonds. The Kier molecular flexibility index (Phi) is 6.15. The van der Waals surface area contributed by atoms with Gasteiger partial charge in [-0.05, 0) is 57.7 Å². The first kappa shape index (κ1) is 19.7. The zero-order valence-corrected chi connectivity index (χ0v) is 16.7. The first-order valence-electron chi connectivity index (χ1n) is 9.59. The molecule has 2 aromatic carbocycles.